The molecule has 2 heteroatoms. The lowest BCUT2D eigenvalue weighted by molar-refractivity contribution is 0.644. The summed E-state index contributed by atoms with van der Waals surface area (Å²) in [5.41, 5.74) is 2.59. The van der Waals surface area contributed by atoms with Gasteiger partial charge in [-0.1, -0.05) is 6.07 Å². The summed E-state index contributed by atoms with van der Waals surface area (Å²) in [4.78, 5) is 4.19. The molecule has 1 aromatic heterocycles. The number of aromatic nitrogens is 1. The van der Waals surface area contributed by atoms with Crippen LogP contribution in [-0.4, -0.2) is 11.5 Å². The quantitative estimate of drug-likeness (QED) is 0.681. The molecule has 2 heterocycles. The van der Waals surface area contributed by atoms with Crippen molar-refractivity contribution in [2.45, 2.75) is 25.8 Å². The fourth-order valence-corrected chi connectivity index (χ4v) is 1.74. The molecular weight excluding hydrogens is 148 g/mol. The largest absolute Gasteiger partial charge is 0.310 e. The summed E-state index contributed by atoms with van der Waals surface area (Å²) in [6.07, 6.45) is 6.41. The number of hydrogen-bond acceptors (Lipinski definition) is 2. The Morgan fingerprint density at radius 1 is 1.50 bits per heavy atom. The van der Waals surface area contributed by atoms with Gasteiger partial charge in [-0.05, 0) is 37.4 Å². The van der Waals surface area contributed by atoms with Crippen LogP contribution >= 0.6 is 0 Å². The first-order chi connectivity index (χ1) is 5.86. The molecule has 0 spiro atoms. The molecule has 0 unspecified atom stereocenters. The number of hydrogen-bond donors (Lipinski definition) is 1. The van der Waals surface area contributed by atoms with Crippen LogP contribution in [0.5, 0.6) is 0 Å². The Morgan fingerprint density at radius 3 is 3.08 bits per heavy atom. The van der Waals surface area contributed by atoms with E-state index in [1.165, 1.54) is 24.0 Å². The number of nitrogens with one attached hydrogen (secondary N) is 1. The minimum atomic E-state index is 0.553. The highest BCUT2D eigenvalue weighted by Crippen LogP contribution is 2.22. The third-order valence-corrected chi connectivity index (χ3v) is 2.36. The molecule has 2 rings (SSSR count). The molecule has 1 N–H and O–H groups in total. The maximum atomic E-state index is 4.19. The zero-order valence-corrected chi connectivity index (χ0v) is 7.38. The van der Waals surface area contributed by atoms with Gasteiger partial charge in [0.1, 0.15) is 0 Å². The number of aryl methyl sites for hydroxylation is 1. The number of nitrogens with zero attached hydrogens (tertiary/aromatic N) is 1. The van der Waals surface area contributed by atoms with Gasteiger partial charge in [-0.15, -0.1) is 0 Å². The summed E-state index contributed by atoms with van der Waals surface area (Å²) in [6.45, 7) is 3.24. The van der Waals surface area contributed by atoms with E-state index < -0.39 is 0 Å². The Hall–Kier alpha value is -0.890. The van der Waals surface area contributed by atoms with Gasteiger partial charge >= 0.3 is 0 Å². The summed E-state index contributed by atoms with van der Waals surface area (Å²) in [5, 5.41) is 3.46. The second kappa shape index (κ2) is 3.23. The maximum Gasteiger partial charge on any atom is 0.0336 e. The van der Waals surface area contributed by atoms with Crippen molar-refractivity contribution in [3.63, 3.8) is 0 Å². The van der Waals surface area contributed by atoms with Crippen molar-refractivity contribution < 1.29 is 0 Å². The van der Waals surface area contributed by atoms with Crippen molar-refractivity contribution in [2.75, 3.05) is 6.54 Å². The van der Waals surface area contributed by atoms with Gasteiger partial charge in [-0.2, -0.15) is 0 Å². The summed E-state index contributed by atoms with van der Waals surface area (Å²) in [6, 6.07) is 2.77. The summed E-state index contributed by atoms with van der Waals surface area (Å²) >= 11 is 0. The molecule has 1 aromatic rings. The van der Waals surface area contributed by atoms with Crippen molar-refractivity contribution in [3.8, 4) is 0 Å². The second-order valence-electron chi connectivity index (χ2n) is 3.44. The third kappa shape index (κ3) is 1.48. The average molecular weight is 162 g/mol. The van der Waals surface area contributed by atoms with Gasteiger partial charge < -0.3 is 5.32 Å². The van der Waals surface area contributed by atoms with E-state index in [-0.39, 0.29) is 0 Å². The normalized spacial score (nSPS) is 22.9. The minimum absolute atomic E-state index is 0.553. The molecule has 12 heavy (non-hydrogen) atoms. The van der Waals surface area contributed by atoms with Gasteiger partial charge in [0.25, 0.3) is 0 Å². The highest BCUT2D eigenvalue weighted by molar-refractivity contribution is 5.20. The van der Waals surface area contributed by atoms with E-state index in [1.54, 1.807) is 0 Å². The molecule has 1 saturated heterocycles. The van der Waals surface area contributed by atoms with Crippen molar-refractivity contribution in [2.24, 2.45) is 0 Å². The third-order valence-electron chi connectivity index (χ3n) is 2.36. The summed E-state index contributed by atoms with van der Waals surface area (Å²) < 4.78 is 0. The van der Waals surface area contributed by atoms with E-state index in [9.17, 15) is 0 Å². The van der Waals surface area contributed by atoms with Crippen molar-refractivity contribution in [1.82, 2.24) is 10.3 Å². The number of pyridine rings is 1. The average Bonchev–Trinajstić information content (AvgIpc) is 2.56. The fraction of sp³-hybridized carbons (Fsp3) is 0.500. The first kappa shape index (κ1) is 7.74. The van der Waals surface area contributed by atoms with Crippen LogP contribution in [0.3, 0.4) is 0 Å². The van der Waals surface area contributed by atoms with E-state index in [4.69, 9.17) is 0 Å². The second-order valence-corrected chi connectivity index (χ2v) is 3.44. The van der Waals surface area contributed by atoms with Crippen LogP contribution in [0.1, 0.15) is 30.0 Å². The maximum absolute atomic E-state index is 4.19. The predicted molar refractivity (Wildman–Crippen MR) is 49.0 cm³/mol. The molecule has 0 radical (unpaired) electrons. The minimum Gasteiger partial charge on any atom is -0.310 e. The van der Waals surface area contributed by atoms with Crippen molar-refractivity contribution in [3.05, 3.63) is 29.6 Å². The highest BCUT2D eigenvalue weighted by Gasteiger charge is 2.15. The van der Waals surface area contributed by atoms with Crippen LogP contribution in [0.25, 0.3) is 0 Å². The molecular formula is C10H14N2. The zero-order chi connectivity index (χ0) is 8.39. The van der Waals surface area contributed by atoms with Gasteiger partial charge in [-0.3, -0.25) is 4.98 Å². The lowest BCUT2D eigenvalue weighted by atomic mass is 10.1. The van der Waals surface area contributed by atoms with E-state index in [1.807, 2.05) is 12.4 Å². The highest BCUT2D eigenvalue weighted by atomic mass is 14.9. The molecule has 1 aliphatic heterocycles. The summed E-state index contributed by atoms with van der Waals surface area (Å²) in [7, 11) is 0. The SMILES string of the molecule is Cc1cncc([C@H]2CCCN2)c1. The number of rotatable bonds is 1. The molecule has 1 atom stereocenters. The Balaban J connectivity index is 2.21. The van der Waals surface area contributed by atoms with Gasteiger partial charge in [-0.25, -0.2) is 0 Å². The molecule has 0 aliphatic carbocycles. The topological polar surface area (TPSA) is 24.9 Å². The van der Waals surface area contributed by atoms with Gasteiger partial charge in [0.2, 0.25) is 0 Å². The standard InChI is InChI=1S/C10H14N2/c1-8-5-9(7-11-6-8)10-3-2-4-12-10/h5-7,10,12H,2-4H2,1H3/t10-/m1/s1. The Bertz CT molecular complexity index is 264. The molecule has 1 aliphatic rings. The monoisotopic (exact) mass is 162 g/mol. The molecule has 1 fully saturated rings. The lowest BCUT2D eigenvalue weighted by Crippen LogP contribution is -2.12. The van der Waals surface area contributed by atoms with E-state index in [0.717, 1.165) is 6.54 Å². The van der Waals surface area contributed by atoms with Gasteiger partial charge in [0.05, 0.1) is 0 Å². The fourth-order valence-electron chi connectivity index (χ4n) is 1.74. The molecule has 0 aromatic carbocycles. The Kier molecular flexibility index (Phi) is 2.09. The van der Waals surface area contributed by atoms with E-state index >= 15 is 0 Å². The van der Waals surface area contributed by atoms with Crippen LogP contribution in [0, 0.1) is 6.92 Å². The van der Waals surface area contributed by atoms with Crippen LogP contribution in [0.2, 0.25) is 0 Å². The first-order valence-corrected chi connectivity index (χ1v) is 4.51. The van der Waals surface area contributed by atoms with Crippen LogP contribution in [0.4, 0.5) is 0 Å². The molecule has 2 nitrogen and oxygen atoms in total. The van der Waals surface area contributed by atoms with Gasteiger partial charge in [0, 0.05) is 18.4 Å². The molecule has 0 saturated carbocycles. The molecule has 64 valence electrons. The first-order valence-electron chi connectivity index (χ1n) is 4.51. The van der Waals surface area contributed by atoms with E-state index in [0.29, 0.717) is 6.04 Å². The summed E-state index contributed by atoms with van der Waals surface area (Å²) in [5.74, 6) is 0. The predicted octanol–water partition coefficient (Wildman–Crippen LogP) is 1.81. The zero-order valence-electron chi connectivity index (χ0n) is 7.38. The lowest BCUT2D eigenvalue weighted by Gasteiger charge is -2.09. The van der Waals surface area contributed by atoms with E-state index in [2.05, 4.69) is 23.3 Å². The van der Waals surface area contributed by atoms with Crippen LogP contribution < -0.4 is 5.32 Å². The Labute approximate surface area is 73.0 Å². The van der Waals surface area contributed by atoms with Crippen molar-refractivity contribution in [1.29, 1.82) is 0 Å². The molecule has 0 amide bonds. The Morgan fingerprint density at radius 2 is 2.42 bits per heavy atom. The molecule has 0 bridgehead atoms. The van der Waals surface area contributed by atoms with Gasteiger partial charge in [0.15, 0.2) is 0 Å². The van der Waals surface area contributed by atoms with Crippen LogP contribution in [0.15, 0.2) is 18.5 Å². The smallest absolute Gasteiger partial charge is 0.0336 e. The van der Waals surface area contributed by atoms with Crippen LogP contribution in [-0.2, 0) is 0 Å². The van der Waals surface area contributed by atoms with Crippen molar-refractivity contribution >= 4 is 0 Å².